The van der Waals surface area contributed by atoms with Crippen LogP contribution in [0.5, 0.6) is 0 Å². The number of hydrogen-bond donors (Lipinski definition) is 0. The summed E-state index contributed by atoms with van der Waals surface area (Å²) in [4.78, 5) is 6.70. The molecule has 3 nitrogen and oxygen atoms in total. The van der Waals surface area contributed by atoms with E-state index < -0.39 is 0 Å². The van der Waals surface area contributed by atoms with Gasteiger partial charge in [0.15, 0.2) is 11.4 Å². The SMILES string of the molecule is [C-]#[N+]c1ccc(Cc2ccc(C)c(C#N)c2)cc1[N+]#[C-]. The topological polar surface area (TPSA) is 32.5 Å². The first kappa shape index (κ1) is 13.3. The van der Waals surface area contributed by atoms with E-state index in [4.69, 9.17) is 18.4 Å². The van der Waals surface area contributed by atoms with Crippen molar-refractivity contribution in [1.29, 1.82) is 5.26 Å². The average Bonchev–Trinajstić information content (AvgIpc) is 2.49. The quantitative estimate of drug-likeness (QED) is 0.726. The molecule has 94 valence electrons. The summed E-state index contributed by atoms with van der Waals surface area (Å²) in [6.45, 7) is 16.0. The fourth-order valence-electron chi connectivity index (χ4n) is 2.00. The van der Waals surface area contributed by atoms with E-state index in [2.05, 4.69) is 15.8 Å². The second-order valence-electron chi connectivity index (χ2n) is 4.48. The zero-order valence-electron chi connectivity index (χ0n) is 11.0. The van der Waals surface area contributed by atoms with Crippen molar-refractivity contribution < 1.29 is 0 Å². The predicted octanol–water partition coefficient (Wildman–Crippen LogP) is 4.56. The summed E-state index contributed by atoms with van der Waals surface area (Å²) >= 11 is 0. The van der Waals surface area contributed by atoms with Crippen molar-refractivity contribution in [2.75, 3.05) is 0 Å². The third-order valence-electron chi connectivity index (χ3n) is 3.11. The van der Waals surface area contributed by atoms with Crippen molar-refractivity contribution in [2.45, 2.75) is 13.3 Å². The van der Waals surface area contributed by atoms with Gasteiger partial charge in [0.05, 0.1) is 24.8 Å². The molecule has 20 heavy (non-hydrogen) atoms. The highest BCUT2D eigenvalue weighted by Gasteiger charge is 2.05. The Morgan fingerprint density at radius 1 is 1.00 bits per heavy atom. The van der Waals surface area contributed by atoms with Crippen LogP contribution < -0.4 is 0 Å². The van der Waals surface area contributed by atoms with E-state index in [1.54, 1.807) is 12.1 Å². The molecular weight excluding hydrogens is 246 g/mol. The van der Waals surface area contributed by atoms with Crippen LogP contribution in [-0.2, 0) is 6.42 Å². The summed E-state index contributed by atoms with van der Waals surface area (Å²) in [7, 11) is 0. The second-order valence-corrected chi connectivity index (χ2v) is 4.48. The monoisotopic (exact) mass is 257 g/mol. The van der Waals surface area contributed by atoms with Crippen LogP contribution in [0.25, 0.3) is 9.69 Å². The van der Waals surface area contributed by atoms with Crippen LogP contribution in [-0.4, -0.2) is 0 Å². The molecule has 0 fully saturated rings. The van der Waals surface area contributed by atoms with Crippen LogP contribution in [0.1, 0.15) is 22.3 Å². The number of nitrogens with zero attached hydrogens (tertiary/aromatic N) is 3. The highest BCUT2D eigenvalue weighted by atomic mass is 14.7. The minimum absolute atomic E-state index is 0.380. The molecular formula is C17H11N3. The van der Waals surface area contributed by atoms with Crippen molar-refractivity contribution >= 4 is 11.4 Å². The summed E-state index contributed by atoms with van der Waals surface area (Å²) < 4.78 is 0. The standard InChI is InChI=1S/C17H11N3/c1-12-4-5-13(9-15(12)11-18)8-14-6-7-16(19-2)17(10-14)20-3/h4-7,9-10H,8H2,1H3. The molecule has 0 atom stereocenters. The van der Waals surface area contributed by atoms with Crippen LogP contribution in [0.4, 0.5) is 11.4 Å². The Balaban J connectivity index is 2.34. The minimum atomic E-state index is 0.380. The molecule has 0 bridgehead atoms. The average molecular weight is 257 g/mol. The van der Waals surface area contributed by atoms with Crippen molar-refractivity contribution in [3.8, 4) is 6.07 Å². The molecule has 0 aliphatic heterocycles. The lowest BCUT2D eigenvalue weighted by atomic mass is 10.00. The lowest BCUT2D eigenvalue weighted by Crippen LogP contribution is -1.91. The van der Waals surface area contributed by atoms with Gasteiger partial charge in [-0.1, -0.05) is 35.9 Å². The fraction of sp³-hybridized carbons (Fsp3) is 0.118. The van der Waals surface area contributed by atoms with Crippen molar-refractivity contribution in [3.05, 3.63) is 81.5 Å². The maximum atomic E-state index is 9.04. The van der Waals surface area contributed by atoms with Crippen LogP contribution in [0.2, 0.25) is 0 Å². The summed E-state index contributed by atoms with van der Waals surface area (Å²) in [5.74, 6) is 0. The number of hydrogen-bond acceptors (Lipinski definition) is 1. The molecule has 0 spiro atoms. The smallest absolute Gasteiger partial charge is 0.194 e. The number of benzene rings is 2. The van der Waals surface area contributed by atoms with Gasteiger partial charge in [0.2, 0.25) is 0 Å². The first-order chi connectivity index (χ1) is 9.67. The zero-order chi connectivity index (χ0) is 14.5. The summed E-state index contributed by atoms with van der Waals surface area (Å²) in [5, 5.41) is 9.04. The molecule has 0 amide bonds. The molecule has 2 aromatic carbocycles. The van der Waals surface area contributed by atoms with Crippen molar-refractivity contribution in [2.24, 2.45) is 0 Å². The Morgan fingerprint density at radius 3 is 2.30 bits per heavy atom. The maximum absolute atomic E-state index is 9.04. The number of nitriles is 1. The van der Waals surface area contributed by atoms with Gasteiger partial charge < -0.3 is 0 Å². The number of rotatable bonds is 2. The van der Waals surface area contributed by atoms with Gasteiger partial charge in [-0.2, -0.15) is 5.26 Å². The molecule has 0 radical (unpaired) electrons. The highest BCUT2D eigenvalue weighted by molar-refractivity contribution is 5.71. The van der Waals surface area contributed by atoms with Crippen molar-refractivity contribution in [1.82, 2.24) is 0 Å². The van der Waals surface area contributed by atoms with Gasteiger partial charge >= 0.3 is 0 Å². The Labute approximate surface area is 118 Å². The van der Waals surface area contributed by atoms with Gasteiger partial charge in [-0.05, 0) is 30.5 Å². The van der Waals surface area contributed by atoms with Gasteiger partial charge in [-0.25, -0.2) is 0 Å². The molecule has 0 aliphatic carbocycles. The van der Waals surface area contributed by atoms with E-state index in [0.29, 0.717) is 23.4 Å². The zero-order valence-corrected chi connectivity index (χ0v) is 11.0. The highest BCUT2D eigenvalue weighted by Crippen LogP contribution is 2.29. The van der Waals surface area contributed by atoms with E-state index in [1.165, 1.54) is 0 Å². The van der Waals surface area contributed by atoms with E-state index in [9.17, 15) is 0 Å². The van der Waals surface area contributed by atoms with Crippen molar-refractivity contribution in [3.63, 3.8) is 0 Å². The molecule has 3 heteroatoms. The molecule has 0 unspecified atom stereocenters. The van der Waals surface area contributed by atoms with Crippen LogP contribution >= 0.6 is 0 Å². The Bertz CT molecular complexity index is 783. The molecule has 0 heterocycles. The lowest BCUT2D eigenvalue weighted by Gasteiger charge is -2.06. The summed E-state index contributed by atoms with van der Waals surface area (Å²) in [6, 6.07) is 13.2. The van der Waals surface area contributed by atoms with Gasteiger partial charge in [0, 0.05) is 0 Å². The van der Waals surface area contributed by atoms with Crippen LogP contribution in [0.3, 0.4) is 0 Å². The van der Waals surface area contributed by atoms with E-state index in [-0.39, 0.29) is 0 Å². The summed E-state index contributed by atoms with van der Waals surface area (Å²) in [6.07, 6.45) is 0.649. The van der Waals surface area contributed by atoms with Gasteiger partial charge in [-0.15, -0.1) is 0 Å². The maximum Gasteiger partial charge on any atom is 0.194 e. The molecule has 0 aromatic heterocycles. The minimum Gasteiger partial charge on any atom is -0.250 e. The van der Waals surface area contributed by atoms with Crippen LogP contribution in [0.15, 0.2) is 36.4 Å². The third kappa shape index (κ3) is 2.66. The van der Waals surface area contributed by atoms with Gasteiger partial charge in [0.25, 0.3) is 0 Å². The molecule has 0 aliphatic rings. The molecule has 2 rings (SSSR count). The second kappa shape index (κ2) is 5.70. The third-order valence-corrected chi connectivity index (χ3v) is 3.11. The fourth-order valence-corrected chi connectivity index (χ4v) is 2.00. The summed E-state index contributed by atoms with van der Waals surface area (Å²) in [5.41, 5.74) is 4.39. The largest absolute Gasteiger partial charge is 0.250 e. The van der Waals surface area contributed by atoms with Gasteiger partial charge in [-0.3, -0.25) is 9.69 Å². The molecule has 0 saturated heterocycles. The molecule has 0 saturated carbocycles. The lowest BCUT2D eigenvalue weighted by molar-refractivity contribution is 1.18. The van der Waals surface area contributed by atoms with E-state index in [0.717, 1.165) is 16.7 Å². The predicted molar refractivity (Wildman–Crippen MR) is 77.7 cm³/mol. The molecule has 2 aromatic rings. The molecule has 0 N–H and O–H groups in total. The first-order valence-electron chi connectivity index (χ1n) is 6.05. The van der Waals surface area contributed by atoms with Crippen LogP contribution in [0, 0.1) is 31.4 Å². The number of aryl methyl sites for hydroxylation is 1. The van der Waals surface area contributed by atoms with Gasteiger partial charge in [0.1, 0.15) is 0 Å². The normalized spacial score (nSPS) is 9.30. The Kier molecular flexibility index (Phi) is 3.80. The Hall–Kier alpha value is -3.09. The first-order valence-corrected chi connectivity index (χ1v) is 6.05. The van der Waals surface area contributed by atoms with E-state index in [1.807, 2.05) is 31.2 Å². The Morgan fingerprint density at radius 2 is 1.65 bits per heavy atom. The van der Waals surface area contributed by atoms with E-state index >= 15 is 0 Å².